The third-order valence-electron chi connectivity index (χ3n) is 5.39. The first kappa shape index (κ1) is 21.6. The molecule has 0 aliphatic heterocycles. The number of hydrogen-bond acceptors (Lipinski definition) is 7. The van der Waals surface area contributed by atoms with Crippen LogP contribution in [0.15, 0.2) is 63.9 Å². The molecule has 0 aliphatic rings. The Bertz CT molecular complexity index is 1500. The highest BCUT2D eigenvalue weighted by Crippen LogP contribution is 2.30. The van der Waals surface area contributed by atoms with E-state index in [-0.39, 0.29) is 5.56 Å². The molecule has 0 spiro atoms. The Balaban J connectivity index is 1.50. The maximum atomic E-state index is 13.3. The fraction of sp³-hybridized carbons (Fsp3) is 0.208. The van der Waals surface area contributed by atoms with Gasteiger partial charge < -0.3 is 14.2 Å². The maximum Gasteiger partial charge on any atom is 0.298 e. The van der Waals surface area contributed by atoms with Crippen molar-refractivity contribution in [2.45, 2.75) is 0 Å². The van der Waals surface area contributed by atoms with Crippen LogP contribution < -0.4 is 10.5 Å². The lowest BCUT2D eigenvalue weighted by atomic mass is 10.2. The molecule has 2 aromatic carbocycles. The second-order valence-electron chi connectivity index (χ2n) is 8.10. The van der Waals surface area contributed by atoms with Gasteiger partial charge in [-0.1, -0.05) is 23.7 Å². The van der Waals surface area contributed by atoms with Crippen LogP contribution in [0.25, 0.3) is 37.6 Å². The normalized spacial score (nSPS) is 11.7. The van der Waals surface area contributed by atoms with Crippen molar-refractivity contribution < 1.29 is 4.42 Å². The minimum atomic E-state index is -0.114. The number of fused-ring (bicyclic) bond motifs is 2. The number of anilines is 1. The average Bonchev–Trinajstić information content (AvgIpc) is 3.42. The molecule has 0 atom stereocenters. The Morgan fingerprint density at radius 1 is 1.00 bits per heavy atom. The number of aromatic nitrogens is 3. The molecule has 168 valence electrons. The van der Waals surface area contributed by atoms with Gasteiger partial charge in [-0.2, -0.15) is 4.98 Å². The number of hydrogen-bond donors (Lipinski definition) is 0. The number of oxazole rings is 1. The zero-order valence-corrected chi connectivity index (χ0v) is 20.0. The summed E-state index contributed by atoms with van der Waals surface area (Å²) in [6, 6.07) is 15.5. The van der Waals surface area contributed by atoms with E-state index < -0.39 is 0 Å². The van der Waals surface area contributed by atoms with E-state index in [0.29, 0.717) is 32.4 Å². The van der Waals surface area contributed by atoms with E-state index in [4.69, 9.17) is 16.0 Å². The van der Waals surface area contributed by atoms with Crippen LogP contribution in [-0.2, 0) is 0 Å². The third kappa shape index (κ3) is 4.25. The summed E-state index contributed by atoms with van der Waals surface area (Å²) in [5.74, 6) is 0. The molecule has 3 heterocycles. The molecule has 0 radical (unpaired) electrons. The van der Waals surface area contributed by atoms with Gasteiger partial charge in [0, 0.05) is 36.9 Å². The predicted octanol–water partition coefficient (Wildman–Crippen LogP) is 4.91. The number of rotatable bonds is 6. The fourth-order valence-corrected chi connectivity index (χ4v) is 4.62. The monoisotopic (exact) mass is 479 g/mol. The van der Waals surface area contributed by atoms with Crippen LogP contribution in [0.5, 0.6) is 0 Å². The maximum absolute atomic E-state index is 13.3. The average molecular weight is 480 g/mol. The number of pyridine rings is 1. The summed E-state index contributed by atoms with van der Waals surface area (Å²) >= 11 is 7.37. The van der Waals surface area contributed by atoms with Gasteiger partial charge in [0.15, 0.2) is 5.58 Å². The molecule has 33 heavy (non-hydrogen) atoms. The molecule has 0 aliphatic carbocycles. The Labute approximate surface area is 199 Å². The lowest BCUT2D eigenvalue weighted by Gasteiger charge is -2.17. The predicted molar refractivity (Wildman–Crippen MR) is 135 cm³/mol. The molecule has 7 nitrogen and oxygen atoms in total. The van der Waals surface area contributed by atoms with E-state index >= 15 is 0 Å². The van der Waals surface area contributed by atoms with E-state index in [1.807, 2.05) is 74.6 Å². The van der Waals surface area contributed by atoms with Crippen LogP contribution in [0.3, 0.4) is 0 Å². The molecule has 0 saturated heterocycles. The first-order valence-electron chi connectivity index (χ1n) is 10.4. The zero-order chi connectivity index (χ0) is 23.1. The molecule has 5 rings (SSSR count). The highest BCUT2D eigenvalue weighted by molar-refractivity contribution is 7.21. The number of halogens is 1. The quantitative estimate of drug-likeness (QED) is 0.345. The summed E-state index contributed by atoms with van der Waals surface area (Å²) in [6.07, 6.45) is 1.75. The molecule has 0 fully saturated rings. The van der Waals surface area contributed by atoms with Crippen molar-refractivity contribution in [3.05, 3.63) is 70.1 Å². The van der Waals surface area contributed by atoms with Gasteiger partial charge in [-0.3, -0.25) is 9.36 Å². The van der Waals surface area contributed by atoms with Gasteiger partial charge in [-0.15, -0.1) is 11.3 Å². The van der Waals surface area contributed by atoms with E-state index in [0.717, 1.165) is 29.3 Å². The van der Waals surface area contributed by atoms with E-state index in [1.54, 1.807) is 10.8 Å². The second-order valence-corrected chi connectivity index (χ2v) is 9.54. The van der Waals surface area contributed by atoms with E-state index in [2.05, 4.69) is 14.9 Å². The van der Waals surface area contributed by atoms with Gasteiger partial charge >= 0.3 is 0 Å². The molecular weight excluding hydrogens is 458 g/mol. The standard InChI is InChI=1S/C24H22ClN5O2S/c1-28(2)12-13-29(3)24-27-19-14-17(8-9-20(19)32-24)30-11-10-18-21(23(30)31)33-22(26-18)15-4-6-16(25)7-5-15/h4-11,14H,12-13H2,1-3H3. The lowest BCUT2D eigenvalue weighted by molar-refractivity contribution is 0.411. The lowest BCUT2D eigenvalue weighted by Crippen LogP contribution is -2.28. The Kier molecular flexibility index (Phi) is 5.65. The van der Waals surface area contributed by atoms with Gasteiger partial charge in [-0.25, -0.2) is 4.98 Å². The van der Waals surface area contributed by atoms with Crippen molar-refractivity contribution in [1.82, 2.24) is 19.4 Å². The van der Waals surface area contributed by atoms with Crippen molar-refractivity contribution in [2.24, 2.45) is 0 Å². The van der Waals surface area contributed by atoms with Gasteiger partial charge in [0.2, 0.25) is 0 Å². The third-order valence-corrected chi connectivity index (χ3v) is 6.75. The molecule has 3 aromatic heterocycles. The highest BCUT2D eigenvalue weighted by atomic mass is 35.5. The van der Waals surface area contributed by atoms with Crippen LogP contribution in [0.1, 0.15) is 0 Å². The van der Waals surface area contributed by atoms with E-state index in [1.165, 1.54) is 11.3 Å². The summed E-state index contributed by atoms with van der Waals surface area (Å²) in [4.78, 5) is 26.6. The number of benzene rings is 2. The van der Waals surface area contributed by atoms with Crippen molar-refractivity contribution in [1.29, 1.82) is 0 Å². The fourth-order valence-electron chi connectivity index (χ4n) is 3.50. The van der Waals surface area contributed by atoms with Gasteiger partial charge in [0.1, 0.15) is 15.2 Å². The molecule has 0 N–H and O–H groups in total. The van der Waals surface area contributed by atoms with Crippen molar-refractivity contribution in [3.63, 3.8) is 0 Å². The number of likely N-dealkylation sites (N-methyl/N-ethyl adjacent to an activating group) is 2. The van der Waals surface area contributed by atoms with Crippen LogP contribution in [0.4, 0.5) is 6.01 Å². The molecule has 0 saturated carbocycles. The van der Waals surface area contributed by atoms with Crippen molar-refractivity contribution in [3.8, 4) is 16.3 Å². The molecule has 0 bridgehead atoms. The molecular formula is C24H22ClN5O2S. The number of thiazole rings is 1. The van der Waals surface area contributed by atoms with Crippen molar-refractivity contribution in [2.75, 3.05) is 39.1 Å². The summed E-state index contributed by atoms with van der Waals surface area (Å²) in [5.41, 5.74) is 3.61. The highest BCUT2D eigenvalue weighted by Gasteiger charge is 2.15. The minimum Gasteiger partial charge on any atom is -0.423 e. The Morgan fingerprint density at radius 3 is 2.55 bits per heavy atom. The second kappa shape index (κ2) is 8.62. The number of nitrogens with zero attached hydrogens (tertiary/aromatic N) is 5. The van der Waals surface area contributed by atoms with E-state index in [9.17, 15) is 4.79 Å². The first-order chi connectivity index (χ1) is 15.9. The van der Waals surface area contributed by atoms with Crippen LogP contribution in [-0.4, -0.2) is 53.7 Å². The largest absolute Gasteiger partial charge is 0.423 e. The smallest absolute Gasteiger partial charge is 0.298 e. The summed E-state index contributed by atoms with van der Waals surface area (Å²) < 4.78 is 8.13. The topological polar surface area (TPSA) is 67.4 Å². The Hall–Kier alpha value is -3.20. The molecule has 0 unspecified atom stereocenters. The SMILES string of the molecule is CN(C)CCN(C)c1nc2cc(-n3ccc4nc(-c5ccc(Cl)cc5)sc4c3=O)ccc2o1. The molecule has 5 aromatic rings. The minimum absolute atomic E-state index is 0.114. The first-order valence-corrected chi connectivity index (χ1v) is 11.6. The van der Waals surface area contributed by atoms with Crippen LogP contribution >= 0.6 is 22.9 Å². The van der Waals surface area contributed by atoms with Crippen molar-refractivity contribution >= 4 is 50.3 Å². The molecule has 9 heteroatoms. The molecule has 0 amide bonds. The van der Waals surface area contributed by atoms with Gasteiger partial charge in [0.25, 0.3) is 11.6 Å². The van der Waals surface area contributed by atoms with Gasteiger partial charge in [-0.05, 0) is 50.5 Å². The summed E-state index contributed by atoms with van der Waals surface area (Å²) in [5, 5.41) is 1.45. The summed E-state index contributed by atoms with van der Waals surface area (Å²) in [7, 11) is 6.01. The van der Waals surface area contributed by atoms with Crippen LogP contribution in [0.2, 0.25) is 5.02 Å². The zero-order valence-electron chi connectivity index (χ0n) is 18.4. The summed E-state index contributed by atoms with van der Waals surface area (Å²) in [6.45, 7) is 1.69. The Morgan fingerprint density at radius 2 is 1.79 bits per heavy atom. The van der Waals surface area contributed by atoms with Crippen LogP contribution in [0, 0.1) is 0 Å². The van der Waals surface area contributed by atoms with Gasteiger partial charge in [0.05, 0.1) is 11.2 Å².